The van der Waals surface area contributed by atoms with Crippen LogP contribution in [0, 0.1) is 10.8 Å². The number of hydrogen-bond donors (Lipinski definition) is 2. The van der Waals surface area contributed by atoms with E-state index >= 15 is 0 Å². The molecule has 0 amide bonds. The second kappa shape index (κ2) is 13.8. The fourth-order valence-electron chi connectivity index (χ4n) is 7.11. The van der Waals surface area contributed by atoms with E-state index in [-0.39, 0.29) is 6.84 Å². The molecule has 2 saturated carbocycles. The molecule has 33 heavy (non-hydrogen) atoms. The van der Waals surface area contributed by atoms with Gasteiger partial charge in [0.05, 0.1) is 0 Å². The van der Waals surface area contributed by atoms with Gasteiger partial charge in [-0.3, -0.25) is 0 Å². The van der Waals surface area contributed by atoms with E-state index < -0.39 is 0 Å². The molecule has 0 aromatic heterocycles. The molecular weight excluding hydrogens is 630 g/mol. The summed E-state index contributed by atoms with van der Waals surface area (Å²) in [5.74, 6) is 0. The standard InChI is InChI=1S/C29H56I2N2/c1-5-9-13-26(14-10-6-2)17-19-28(30,24(32)21-26)23-29(31)20-18-27(15-11-7-3,16-12-8-4)22-25(29)33/h24-25H,5-23,32-33H2,1-4H3. The van der Waals surface area contributed by atoms with E-state index in [1.165, 1.54) is 122 Å². The predicted octanol–water partition coefficient (Wildman–Crippen LogP) is 9.48. The van der Waals surface area contributed by atoms with Gasteiger partial charge in [0.25, 0.3) is 0 Å². The van der Waals surface area contributed by atoms with Crippen molar-refractivity contribution in [3.05, 3.63) is 0 Å². The topological polar surface area (TPSA) is 52.0 Å². The van der Waals surface area contributed by atoms with Gasteiger partial charge in [-0.25, -0.2) is 0 Å². The molecule has 196 valence electrons. The lowest BCUT2D eigenvalue weighted by Gasteiger charge is -2.54. The minimum Gasteiger partial charge on any atom is -0.326 e. The first-order valence-electron chi connectivity index (χ1n) is 14.5. The first-order chi connectivity index (χ1) is 15.6. The SMILES string of the molecule is CCCCC1(CCCC)CCC(I)(CC2(I)CCC(CCCC)(CCCC)CC2N)C(N)C1. The molecule has 0 saturated heterocycles. The fourth-order valence-corrected chi connectivity index (χ4v) is 10.2. The lowest BCUT2D eigenvalue weighted by atomic mass is 9.59. The summed E-state index contributed by atoms with van der Waals surface area (Å²) in [7, 11) is 0. The van der Waals surface area contributed by atoms with Crippen molar-refractivity contribution in [2.45, 2.75) is 169 Å². The third kappa shape index (κ3) is 8.18. The number of unbranched alkanes of at least 4 members (excludes halogenated alkanes) is 4. The van der Waals surface area contributed by atoms with Crippen LogP contribution in [-0.2, 0) is 0 Å². The van der Waals surface area contributed by atoms with Crippen molar-refractivity contribution in [3.8, 4) is 0 Å². The van der Waals surface area contributed by atoms with Crippen molar-refractivity contribution in [2.75, 3.05) is 0 Å². The maximum Gasteiger partial charge on any atom is 0.0386 e. The Labute approximate surface area is 234 Å². The molecule has 0 spiro atoms. The fraction of sp³-hybridized carbons (Fsp3) is 1.00. The zero-order valence-electron chi connectivity index (χ0n) is 22.5. The van der Waals surface area contributed by atoms with E-state index in [0.717, 1.165) is 0 Å². The highest BCUT2D eigenvalue weighted by molar-refractivity contribution is 14.1. The van der Waals surface area contributed by atoms with Crippen LogP contribution in [0.3, 0.4) is 0 Å². The van der Waals surface area contributed by atoms with Gasteiger partial charge in [-0.05, 0) is 81.5 Å². The van der Waals surface area contributed by atoms with Gasteiger partial charge in [0.2, 0.25) is 0 Å². The van der Waals surface area contributed by atoms with Gasteiger partial charge < -0.3 is 11.5 Å². The van der Waals surface area contributed by atoms with Gasteiger partial charge in [0.15, 0.2) is 0 Å². The Morgan fingerprint density at radius 3 is 1.12 bits per heavy atom. The van der Waals surface area contributed by atoms with Gasteiger partial charge >= 0.3 is 0 Å². The molecule has 0 aromatic carbocycles. The predicted molar refractivity (Wildman–Crippen MR) is 165 cm³/mol. The summed E-state index contributed by atoms with van der Waals surface area (Å²) in [6, 6.07) is 0.623. The van der Waals surface area contributed by atoms with E-state index in [0.29, 0.717) is 22.9 Å². The van der Waals surface area contributed by atoms with Gasteiger partial charge in [-0.2, -0.15) is 0 Å². The quantitative estimate of drug-likeness (QED) is 0.141. The molecule has 0 aliphatic heterocycles. The summed E-state index contributed by atoms with van der Waals surface area (Å²) in [4.78, 5) is 0. The van der Waals surface area contributed by atoms with Crippen LogP contribution in [-0.4, -0.2) is 18.9 Å². The van der Waals surface area contributed by atoms with Crippen LogP contribution >= 0.6 is 45.2 Å². The van der Waals surface area contributed by atoms with Crippen LogP contribution in [0.1, 0.15) is 150 Å². The second-order valence-electron chi connectivity index (χ2n) is 12.3. The maximum atomic E-state index is 7.09. The maximum absolute atomic E-state index is 7.09. The Balaban J connectivity index is 2.09. The van der Waals surface area contributed by atoms with Crippen LogP contribution in [0.4, 0.5) is 0 Å². The molecule has 2 aliphatic rings. The summed E-state index contributed by atoms with van der Waals surface area (Å²) in [5, 5.41) is 0. The summed E-state index contributed by atoms with van der Waals surface area (Å²) >= 11 is 5.60. The molecule has 0 radical (unpaired) electrons. The molecule has 2 fully saturated rings. The molecule has 4 heteroatoms. The normalized spacial score (nSPS) is 33.8. The zero-order chi connectivity index (χ0) is 24.6. The van der Waals surface area contributed by atoms with Gasteiger partial charge in [-0.1, -0.05) is 124 Å². The highest BCUT2D eigenvalue weighted by Crippen LogP contribution is 2.57. The minimum absolute atomic E-state index is 0.214. The van der Waals surface area contributed by atoms with Crippen molar-refractivity contribution in [2.24, 2.45) is 22.3 Å². The van der Waals surface area contributed by atoms with Gasteiger partial charge in [-0.15, -0.1) is 0 Å². The third-order valence-corrected chi connectivity index (χ3v) is 13.0. The Kier molecular flexibility index (Phi) is 12.8. The van der Waals surface area contributed by atoms with Crippen molar-refractivity contribution < 1.29 is 0 Å². The van der Waals surface area contributed by atoms with Crippen molar-refractivity contribution in [3.63, 3.8) is 0 Å². The number of rotatable bonds is 14. The summed E-state index contributed by atoms with van der Waals surface area (Å²) in [5.41, 5.74) is 15.2. The number of alkyl halides is 2. The van der Waals surface area contributed by atoms with Crippen LogP contribution in [0.2, 0.25) is 0 Å². The Morgan fingerprint density at radius 2 is 0.879 bits per heavy atom. The molecule has 4 atom stereocenters. The molecule has 2 nitrogen and oxygen atoms in total. The monoisotopic (exact) mass is 686 g/mol. The van der Waals surface area contributed by atoms with E-state index in [1.807, 2.05) is 0 Å². The lowest BCUT2D eigenvalue weighted by molar-refractivity contribution is 0.0872. The van der Waals surface area contributed by atoms with Gasteiger partial charge in [0.1, 0.15) is 0 Å². The Bertz CT molecular complexity index is 504. The van der Waals surface area contributed by atoms with Crippen molar-refractivity contribution >= 4 is 45.2 Å². The number of nitrogens with two attached hydrogens (primary N) is 2. The molecular formula is C29H56I2N2. The first kappa shape index (κ1) is 30.6. The highest BCUT2D eigenvalue weighted by Gasteiger charge is 2.53. The largest absolute Gasteiger partial charge is 0.326 e. The summed E-state index contributed by atoms with van der Waals surface area (Å²) < 4.78 is 0.427. The summed E-state index contributed by atoms with van der Waals surface area (Å²) in [6.07, 6.45) is 25.2. The third-order valence-electron chi connectivity index (χ3n) is 9.61. The van der Waals surface area contributed by atoms with E-state index in [9.17, 15) is 0 Å². The van der Waals surface area contributed by atoms with Crippen molar-refractivity contribution in [1.82, 2.24) is 0 Å². The molecule has 2 rings (SSSR count). The molecule has 4 N–H and O–H groups in total. The van der Waals surface area contributed by atoms with Crippen LogP contribution < -0.4 is 11.5 Å². The summed E-state index contributed by atoms with van der Waals surface area (Å²) in [6.45, 7) is 9.35. The molecule has 0 bridgehead atoms. The lowest BCUT2D eigenvalue weighted by Crippen LogP contribution is -2.59. The van der Waals surface area contributed by atoms with E-state index in [4.69, 9.17) is 11.5 Å². The van der Waals surface area contributed by atoms with Crippen LogP contribution in [0.25, 0.3) is 0 Å². The minimum atomic E-state index is 0.214. The second-order valence-corrected chi connectivity index (χ2v) is 16.6. The van der Waals surface area contributed by atoms with Gasteiger partial charge in [0, 0.05) is 18.9 Å². The average molecular weight is 687 g/mol. The average Bonchev–Trinajstić information content (AvgIpc) is 2.79. The highest BCUT2D eigenvalue weighted by atomic mass is 127. The Hall–Kier alpha value is 1.38. The van der Waals surface area contributed by atoms with Crippen molar-refractivity contribution in [1.29, 1.82) is 0 Å². The number of halogens is 2. The van der Waals surface area contributed by atoms with E-state index in [1.54, 1.807) is 0 Å². The molecule has 0 heterocycles. The van der Waals surface area contributed by atoms with Crippen LogP contribution in [0.5, 0.6) is 0 Å². The Morgan fingerprint density at radius 1 is 0.576 bits per heavy atom. The zero-order valence-corrected chi connectivity index (χ0v) is 26.8. The van der Waals surface area contributed by atoms with E-state index in [2.05, 4.69) is 72.9 Å². The number of hydrogen-bond acceptors (Lipinski definition) is 2. The molecule has 4 unspecified atom stereocenters. The van der Waals surface area contributed by atoms with Crippen LogP contribution in [0.15, 0.2) is 0 Å². The first-order valence-corrected chi connectivity index (χ1v) is 16.7. The smallest absolute Gasteiger partial charge is 0.0386 e. The molecule has 0 aromatic rings. The molecule has 2 aliphatic carbocycles.